The fourth-order valence-corrected chi connectivity index (χ4v) is 6.04. The van der Waals surface area contributed by atoms with Gasteiger partial charge in [0.1, 0.15) is 10.7 Å². The summed E-state index contributed by atoms with van der Waals surface area (Å²) in [6, 6.07) is 3.11. The quantitative estimate of drug-likeness (QED) is 0.714. The van der Waals surface area contributed by atoms with Crippen molar-refractivity contribution >= 4 is 21.7 Å². The minimum atomic E-state index is -3.59. The van der Waals surface area contributed by atoms with Gasteiger partial charge in [0.25, 0.3) is 0 Å². The summed E-state index contributed by atoms with van der Waals surface area (Å²) in [6.45, 7) is 13.0. The van der Waals surface area contributed by atoms with Gasteiger partial charge < -0.3 is 10.2 Å². The number of amides is 1. The molecular weight excluding hydrogens is 412 g/mol. The molecule has 0 radical (unpaired) electrons. The number of hydrogen-bond acceptors (Lipinski definition) is 5. The minimum Gasteiger partial charge on any atom is -0.311 e. The molecule has 8 heteroatoms. The Morgan fingerprint density at radius 1 is 1.16 bits per heavy atom. The highest BCUT2D eigenvalue weighted by Gasteiger charge is 2.42. The van der Waals surface area contributed by atoms with Crippen LogP contribution >= 0.6 is 0 Å². The lowest BCUT2D eigenvalue weighted by Gasteiger charge is -2.47. The molecule has 0 aromatic carbocycles. The Bertz CT molecular complexity index is 854. The first-order chi connectivity index (χ1) is 14.5. The minimum absolute atomic E-state index is 0.0893. The Hall–Kier alpha value is -1.51. The lowest BCUT2D eigenvalue weighted by atomic mass is 9.73. The van der Waals surface area contributed by atoms with Crippen molar-refractivity contribution in [3.05, 3.63) is 18.3 Å². The maximum absolute atomic E-state index is 13.3. The molecule has 31 heavy (non-hydrogen) atoms. The Labute approximate surface area is 187 Å². The maximum Gasteiger partial charge on any atom is 0.244 e. The van der Waals surface area contributed by atoms with Gasteiger partial charge in [0.05, 0.1) is 0 Å². The van der Waals surface area contributed by atoms with Gasteiger partial charge in [0.2, 0.25) is 15.9 Å². The zero-order valence-electron chi connectivity index (χ0n) is 19.5. The molecule has 1 aromatic heterocycles. The molecule has 0 atom stereocenters. The lowest BCUT2D eigenvalue weighted by molar-refractivity contribution is -0.115. The number of sulfonamides is 1. The van der Waals surface area contributed by atoms with Crippen LogP contribution in [0.2, 0.25) is 0 Å². The van der Waals surface area contributed by atoms with Crippen molar-refractivity contribution < 1.29 is 13.2 Å². The van der Waals surface area contributed by atoms with Crippen molar-refractivity contribution in [2.45, 2.75) is 71.1 Å². The SMILES string of the molecule is CCC(=O)Nc1ccc(S(=O)(=O)N2CCCC3(CCN(CCC(C)(C)C)CC3)C2)cn1. The third-order valence-corrected chi connectivity index (χ3v) is 8.51. The van der Waals surface area contributed by atoms with E-state index >= 15 is 0 Å². The largest absolute Gasteiger partial charge is 0.311 e. The Morgan fingerprint density at radius 2 is 1.87 bits per heavy atom. The van der Waals surface area contributed by atoms with Crippen molar-refractivity contribution in [2.75, 3.05) is 38.0 Å². The Morgan fingerprint density at radius 3 is 2.45 bits per heavy atom. The first kappa shape index (κ1) is 24.1. The van der Waals surface area contributed by atoms with Gasteiger partial charge in [-0.3, -0.25) is 4.79 Å². The number of nitrogens with one attached hydrogen (secondary N) is 1. The molecule has 2 fully saturated rings. The number of hydrogen-bond donors (Lipinski definition) is 1. The molecule has 2 aliphatic rings. The number of carbonyl (C=O) groups excluding carboxylic acids is 1. The normalized spacial score (nSPS) is 20.6. The molecule has 1 N–H and O–H groups in total. The summed E-state index contributed by atoms with van der Waals surface area (Å²) in [5.74, 6) is 0.235. The van der Waals surface area contributed by atoms with Gasteiger partial charge in [-0.1, -0.05) is 27.7 Å². The van der Waals surface area contributed by atoms with Crippen LogP contribution in [-0.2, 0) is 14.8 Å². The summed E-state index contributed by atoms with van der Waals surface area (Å²) in [4.78, 5) is 18.4. The summed E-state index contributed by atoms with van der Waals surface area (Å²) in [5.41, 5.74) is 0.430. The Balaban J connectivity index is 1.62. The van der Waals surface area contributed by atoms with Gasteiger partial charge in [-0.25, -0.2) is 13.4 Å². The first-order valence-electron chi connectivity index (χ1n) is 11.5. The van der Waals surface area contributed by atoms with Crippen molar-refractivity contribution in [3.63, 3.8) is 0 Å². The van der Waals surface area contributed by atoms with Gasteiger partial charge >= 0.3 is 0 Å². The third kappa shape index (κ3) is 6.26. The van der Waals surface area contributed by atoms with Gasteiger partial charge in [-0.05, 0) is 74.7 Å². The lowest BCUT2D eigenvalue weighted by Crippen LogP contribution is -2.51. The second kappa shape index (κ2) is 9.55. The van der Waals surface area contributed by atoms with E-state index in [0.717, 1.165) is 45.3 Å². The fourth-order valence-electron chi connectivity index (χ4n) is 4.51. The maximum atomic E-state index is 13.3. The molecule has 0 unspecified atom stereocenters. The zero-order chi connectivity index (χ0) is 22.7. The number of carbonyl (C=O) groups is 1. The van der Waals surface area contributed by atoms with Gasteiger partial charge in [-0.15, -0.1) is 0 Å². The van der Waals surface area contributed by atoms with Crippen LogP contribution in [0, 0.1) is 10.8 Å². The van der Waals surface area contributed by atoms with Crippen LogP contribution in [0.5, 0.6) is 0 Å². The molecule has 2 aliphatic heterocycles. The molecule has 3 heterocycles. The zero-order valence-corrected chi connectivity index (χ0v) is 20.3. The summed E-state index contributed by atoms with van der Waals surface area (Å²) >= 11 is 0. The van der Waals surface area contributed by atoms with E-state index in [0.29, 0.717) is 30.7 Å². The number of nitrogens with zero attached hydrogens (tertiary/aromatic N) is 3. The van der Waals surface area contributed by atoms with E-state index in [1.807, 2.05) is 0 Å². The average Bonchev–Trinajstić information content (AvgIpc) is 2.73. The predicted molar refractivity (Wildman–Crippen MR) is 123 cm³/mol. The van der Waals surface area contributed by atoms with Crippen molar-refractivity contribution in [1.29, 1.82) is 0 Å². The van der Waals surface area contributed by atoms with Crippen LogP contribution in [0.1, 0.15) is 66.2 Å². The predicted octanol–water partition coefficient (Wildman–Crippen LogP) is 3.73. The molecule has 1 spiro atoms. The molecule has 3 rings (SSSR count). The number of likely N-dealkylation sites (tertiary alicyclic amines) is 1. The van der Waals surface area contributed by atoms with Gasteiger partial charge in [0.15, 0.2) is 0 Å². The van der Waals surface area contributed by atoms with Crippen LogP contribution in [0.3, 0.4) is 0 Å². The van der Waals surface area contributed by atoms with Crippen LogP contribution in [-0.4, -0.2) is 61.2 Å². The highest BCUT2D eigenvalue weighted by molar-refractivity contribution is 7.89. The number of piperidine rings is 2. The smallest absolute Gasteiger partial charge is 0.244 e. The van der Waals surface area contributed by atoms with E-state index < -0.39 is 10.0 Å². The van der Waals surface area contributed by atoms with E-state index in [2.05, 4.69) is 36.0 Å². The molecule has 0 aliphatic carbocycles. The highest BCUT2D eigenvalue weighted by atomic mass is 32.2. The molecule has 174 valence electrons. The second-order valence-corrected chi connectivity index (χ2v) is 12.3. The summed E-state index contributed by atoms with van der Waals surface area (Å²) in [6.07, 6.45) is 7.02. The molecular formula is C23H38N4O3S. The number of rotatable bonds is 6. The van der Waals surface area contributed by atoms with E-state index in [9.17, 15) is 13.2 Å². The molecule has 7 nitrogen and oxygen atoms in total. The topological polar surface area (TPSA) is 82.6 Å². The number of pyridine rings is 1. The molecule has 2 saturated heterocycles. The van der Waals surface area contributed by atoms with E-state index in [1.54, 1.807) is 23.4 Å². The van der Waals surface area contributed by atoms with E-state index in [-0.39, 0.29) is 16.2 Å². The third-order valence-electron chi connectivity index (χ3n) is 6.68. The first-order valence-corrected chi connectivity index (χ1v) is 13.0. The standard InChI is InChI=1S/C23H38N4O3S/c1-5-21(28)25-20-8-7-19(17-24-20)31(29,30)27-13-6-9-23(18-27)11-15-26(16-12-23)14-10-22(2,3)4/h7-8,17H,5-6,9-16,18H2,1-4H3,(H,24,25,28). The van der Waals surface area contributed by atoms with Crippen LogP contribution in [0.15, 0.2) is 23.2 Å². The highest BCUT2D eigenvalue weighted by Crippen LogP contribution is 2.41. The van der Waals surface area contributed by atoms with Crippen LogP contribution in [0.25, 0.3) is 0 Å². The monoisotopic (exact) mass is 450 g/mol. The molecule has 0 saturated carbocycles. The number of aromatic nitrogens is 1. The van der Waals surface area contributed by atoms with Crippen LogP contribution < -0.4 is 5.32 Å². The van der Waals surface area contributed by atoms with Crippen molar-refractivity contribution in [2.24, 2.45) is 10.8 Å². The molecule has 1 aromatic rings. The van der Waals surface area contributed by atoms with E-state index in [1.165, 1.54) is 12.6 Å². The fraction of sp³-hybridized carbons (Fsp3) is 0.739. The average molecular weight is 451 g/mol. The Kier molecular flexibility index (Phi) is 7.43. The summed E-state index contributed by atoms with van der Waals surface area (Å²) < 4.78 is 28.2. The van der Waals surface area contributed by atoms with E-state index in [4.69, 9.17) is 0 Å². The van der Waals surface area contributed by atoms with Crippen molar-refractivity contribution in [3.8, 4) is 0 Å². The second-order valence-electron chi connectivity index (χ2n) is 10.4. The molecule has 0 bridgehead atoms. The number of anilines is 1. The van der Waals surface area contributed by atoms with Crippen LogP contribution in [0.4, 0.5) is 5.82 Å². The molecule has 1 amide bonds. The summed E-state index contributed by atoms with van der Waals surface area (Å²) in [5, 5.41) is 2.66. The summed E-state index contributed by atoms with van der Waals surface area (Å²) in [7, 11) is -3.59. The van der Waals surface area contributed by atoms with Gasteiger partial charge in [-0.2, -0.15) is 4.31 Å². The van der Waals surface area contributed by atoms with Crippen molar-refractivity contribution in [1.82, 2.24) is 14.2 Å². The van der Waals surface area contributed by atoms with Gasteiger partial charge in [0, 0.05) is 25.7 Å².